The van der Waals surface area contributed by atoms with Crippen LogP contribution in [0.15, 0.2) is 48.5 Å². The lowest BCUT2D eigenvalue weighted by Crippen LogP contribution is -2.30. The topological polar surface area (TPSA) is 29.1 Å². The Labute approximate surface area is 126 Å². The normalized spacial score (nSPS) is 11.9. The number of rotatable bonds is 4. The lowest BCUT2D eigenvalue weighted by atomic mass is 10.1. The van der Waals surface area contributed by atoms with E-state index in [4.69, 9.17) is 23.2 Å². The Bertz CT molecular complexity index is 604. The molecule has 0 radical (unpaired) electrons. The third kappa shape index (κ3) is 3.50. The monoisotopic (exact) mass is 311 g/mol. The number of hydrogen-bond donors (Lipinski definition) is 1. The van der Waals surface area contributed by atoms with Crippen LogP contribution in [0.25, 0.3) is 0 Å². The van der Waals surface area contributed by atoms with E-state index in [0.29, 0.717) is 5.02 Å². The van der Waals surface area contributed by atoms with Gasteiger partial charge in [0.1, 0.15) is 5.82 Å². The molecule has 2 aromatic rings. The van der Waals surface area contributed by atoms with Crippen LogP contribution in [0.1, 0.15) is 22.0 Å². The van der Waals surface area contributed by atoms with E-state index < -0.39 is 11.7 Å². The van der Waals surface area contributed by atoms with Crippen LogP contribution in [0, 0.1) is 5.82 Å². The van der Waals surface area contributed by atoms with Crippen molar-refractivity contribution in [3.8, 4) is 0 Å². The van der Waals surface area contributed by atoms with Gasteiger partial charge in [-0.15, -0.1) is 11.6 Å². The van der Waals surface area contributed by atoms with Gasteiger partial charge in [-0.25, -0.2) is 4.39 Å². The second-order valence-corrected chi connectivity index (χ2v) is 4.96. The molecular weight excluding hydrogens is 300 g/mol. The number of halogens is 3. The summed E-state index contributed by atoms with van der Waals surface area (Å²) in [6, 6.07) is 12.7. The Morgan fingerprint density at radius 3 is 2.55 bits per heavy atom. The predicted octanol–water partition coefficient (Wildman–Crippen LogP) is 4.19. The lowest BCUT2D eigenvalue weighted by molar-refractivity contribution is 0.0936. The Morgan fingerprint density at radius 1 is 1.20 bits per heavy atom. The molecule has 0 heterocycles. The van der Waals surface area contributed by atoms with Crippen LogP contribution < -0.4 is 5.32 Å². The number of carbonyl (C=O) groups is 1. The van der Waals surface area contributed by atoms with Crippen LogP contribution in [0.5, 0.6) is 0 Å². The molecule has 1 N–H and O–H groups in total. The highest BCUT2D eigenvalue weighted by Gasteiger charge is 2.17. The molecule has 0 aliphatic carbocycles. The first kappa shape index (κ1) is 14.8. The van der Waals surface area contributed by atoms with E-state index in [0.717, 1.165) is 11.6 Å². The second kappa shape index (κ2) is 6.73. The first-order valence-corrected chi connectivity index (χ1v) is 6.90. The molecule has 0 spiro atoms. The Balaban J connectivity index is 2.20. The van der Waals surface area contributed by atoms with E-state index in [9.17, 15) is 9.18 Å². The Kier molecular flexibility index (Phi) is 4.99. The average Bonchev–Trinajstić information content (AvgIpc) is 2.48. The van der Waals surface area contributed by atoms with Gasteiger partial charge in [-0.3, -0.25) is 4.79 Å². The van der Waals surface area contributed by atoms with Crippen molar-refractivity contribution in [1.82, 2.24) is 5.32 Å². The smallest absolute Gasteiger partial charge is 0.254 e. The van der Waals surface area contributed by atoms with Gasteiger partial charge in [-0.05, 0) is 23.8 Å². The molecule has 1 unspecified atom stereocenters. The third-order valence-electron chi connectivity index (χ3n) is 2.83. The van der Waals surface area contributed by atoms with Crippen molar-refractivity contribution < 1.29 is 9.18 Å². The van der Waals surface area contributed by atoms with E-state index in [2.05, 4.69) is 5.32 Å². The third-order valence-corrected chi connectivity index (χ3v) is 3.38. The standard InChI is InChI=1S/C15H12Cl2FNO/c16-9-14(10-4-2-1-3-5-10)19-15(20)12-8-11(17)6-7-13(12)18/h1-8,14H,9H2,(H,19,20). The van der Waals surface area contributed by atoms with E-state index in [-0.39, 0.29) is 17.5 Å². The molecule has 1 amide bonds. The second-order valence-electron chi connectivity index (χ2n) is 4.22. The van der Waals surface area contributed by atoms with Gasteiger partial charge in [0.25, 0.3) is 5.91 Å². The van der Waals surface area contributed by atoms with Crippen molar-refractivity contribution in [3.05, 3.63) is 70.5 Å². The van der Waals surface area contributed by atoms with Gasteiger partial charge < -0.3 is 5.32 Å². The Morgan fingerprint density at radius 2 is 1.90 bits per heavy atom. The van der Waals surface area contributed by atoms with Crippen molar-refractivity contribution in [2.24, 2.45) is 0 Å². The van der Waals surface area contributed by atoms with E-state index >= 15 is 0 Å². The van der Waals surface area contributed by atoms with Crippen molar-refractivity contribution in [2.75, 3.05) is 5.88 Å². The lowest BCUT2D eigenvalue weighted by Gasteiger charge is -2.16. The summed E-state index contributed by atoms with van der Waals surface area (Å²) in [6.45, 7) is 0. The van der Waals surface area contributed by atoms with Crippen LogP contribution in [-0.4, -0.2) is 11.8 Å². The zero-order chi connectivity index (χ0) is 14.5. The minimum atomic E-state index is -0.617. The summed E-state index contributed by atoms with van der Waals surface area (Å²) >= 11 is 11.6. The molecule has 0 bridgehead atoms. The average molecular weight is 312 g/mol. The van der Waals surface area contributed by atoms with Gasteiger partial charge in [0.05, 0.1) is 11.6 Å². The number of benzene rings is 2. The summed E-state index contributed by atoms with van der Waals surface area (Å²) in [7, 11) is 0. The van der Waals surface area contributed by atoms with Crippen LogP contribution in [0.4, 0.5) is 4.39 Å². The molecule has 0 aromatic heterocycles. The van der Waals surface area contributed by atoms with E-state index in [1.165, 1.54) is 12.1 Å². The number of alkyl halides is 1. The highest BCUT2D eigenvalue weighted by atomic mass is 35.5. The SMILES string of the molecule is O=C(NC(CCl)c1ccccc1)c1cc(Cl)ccc1F. The van der Waals surface area contributed by atoms with Crippen molar-refractivity contribution in [3.63, 3.8) is 0 Å². The van der Waals surface area contributed by atoms with E-state index in [1.807, 2.05) is 30.3 Å². The summed E-state index contributed by atoms with van der Waals surface area (Å²) in [5, 5.41) is 3.00. The van der Waals surface area contributed by atoms with Gasteiger partial charge in [-0.2, -0.15) is 0 Å². The molecule has 104 valence electrons. The summed E-state index contributed by atoms with van der Waals surface area (Å²) in [4.78, 5) is 12.1. The van der Waals surface area contributed by atoms with Crippen LogP contribution in [0.2, 0.25) is 5.02 Å². The molecule has 5 heteroatoms. The van der Waals surface area contributed by atoms with Crippen molar-refractivity contribution in [1.29, 1.82) is 0 Å². The fourth-order valence-electron chi connectivity index (χ4n) is 1.80. The van der Waals surface area contributed by atoms with Crippen molar-refractivity contribution in [2.45, 2.75) is 6.04 Å². The van der Waals surface area contributed by atoms with Crippen LogP contribution >= 0.6 is 23.2 Å². The summed E-state index contributed by atoms with van der Waals surface area (Å²) in [6.07, 6.45) is 0. The maximum Gasteiger partial charge on any atom is 0.254 e. The zero-order valence-electron chi connectivity index (χ0n) is 10.4. The van der Waals surface area contributed by atoms with Crippen LogP contribution in [-0.2, 0) is 0 Å². The van der Waals surface area contributed by atoms with Crippen molar-refractivity contribution >= 4 is 29.1 Å². The van der Waals surface area contributed by atoms with Gasteiger partial charge in [0, 0.05) is 10.9 Å². The summed E-state index contributed by atoms with van der Waals surface area (Å²) in [5.74, 6) is -0.967. The fraction of sp³-hybridized carbons (Fsp3) is 0.133. The molecule has 2 aromatic carbocycles. The van der Waals surface area contributed by atoms with Crippen LogP contribution in [0.3, 0.4) is 0 Å². The molecule has 0 fully saturated rings. The predicted molar refractivity (Wildman–Crippen MR) is 78.8 cm³/mol. The maximum atomic E-state index is 13.6. The molecule has 2 rings (SSSR count). The maximum absolute atomic E-state index is 13.6. The van der Waals surface area contributed by atoms with Gasteiger partial charge in [0.2, 0.25) is 0 Å². The molecule has 1 atom stereocenters. The molecule has 2 nitrogen and oxygen atoms in total. The largest absolute Gasteiger partial charge is 0.344 e. The fourth-order valence-corrected chi connectivity index (χ4v) is 2.23. The molecule has 0 saturated carbocycles. The van der Waals surface area contributed by atoms with Gasteiger partial charge in [-0.1, -0.05) is 41.9 Å². The number of nitrogens with one attached hydrogen (secondary N) is 1. The first-order valence-electron chi connectivity index (χ1n) is 5.98. The Hall–Kier alpha value is -1.58. The zero-order valence-corrected chi connectivity index (χ0v) is 12.0. The number of amides is 1. The molecular formula is C15H12Cl2FNO. The molecule has 20 heavy (non-hydrogen) atoms. The quantitative estimate of drug-likeness (QED) is 0.843. The molecule has 0 aliphatic heterocycles. The molecule has 0 aliphatic rings. The summed E-state index contributed by atoms with van der Waals surface area (Å²) in [5.41, 5.74) is 0.766. The minimum absolute atomic E-state index is 0.0939. The van der Waals surface area contributed by atoms with Gasteiger partial charge >= 0.3 is 0 Å². The van der Waals surface area contributed by atoms with Gasteiger partial charge in [0.15, 0.2) is 0 Å². The summed E-state index contributed by atoms with van der Waals surface area (Å²) < 4.78 is 13.6. The molecule has 0 saturated heterocycles. The highest BCUT2D eigenvalue weighted by Crippen LogP contribution is 2.18. The first-order chi connectivity index (χ1) is 9.61. The number of carbonyl (C=O) groups excluding carboxylic acids is 1. The minimum Gasteiger partial charge on any atom is -0.344 e. The highest BCUT2D eigenvalue weighted by molar-refractivity contribution is 6.31. The van der Waals surface area contributed by atoms with E-state index in [1.54, 1.807) is 0 Å². The number of hydrogen-bond acceptors (Lipinski definition) is 1.